The number of carbonyl (C=O) groups excluding carboxylic acids is 1. The predicted octanol–water partition coefficient (Wildman–Crippen LogP) is 2.75. The number of aromatic nitrogens is 1. The summed E-state index contributed by atoms with van der Waals surface area (Å²) < 4.78 is 26.3. The van der Waals surface area contributed by atoms with E-state index in [1.54, 1.807) is 12.1 Å². The summed E-state index contributed by atoms with van der Waals surface area (Å²) in [5.74, 6) is -0.260. The number of amides is 1. The molecule has 1 heterocycles. The van der Waals surface area contributed by atoms with Gasteiger partial charge in [-0.1, -0.05) is 42.5 Å². The van der Waals surface area contributed by atoms with Crippen LogP contribution in [0.5, 0.6) is 0 Å². The summed E-state index contributed by atoms with van der Waals surface area (Å²) in [7, 11) is -3.25. The number of sulfone groups is 1. The Bertz CT molecular complexity index is 964. The van der Waals surface area contributed by atoms with Gasteiger partial charge in [0.2, 0.25) is 5.91 Å². The standard InChI is InChI=1S/C21H22N2O3S/c24-21(16-18-8-10-20(11-9-18)23-13-4-5-14-23)22-12-15-27(25,26)17-19-6-2-1-3-7-19/h1-11,13-14H,12,15-17H2,(H,22,24). The van der Waals surface area contributed by atoms with Gasteiger partial charge in [0.15, 0.2) is 9.84 Å². The van der Waals surface area contributed by atoms with Gasteiger partial charge in [-0.3, -0.25) is 4.79 Å². The lowest BCUT2D eigenvalue weighted by molar-refractivity contribution is -0.120. The molecule has 0 spiro atoms. The maximum Gasteiger partial charge on any atom is 0.224 e. The van der Waals surface area contributed by atoms with Crippen LogP contribution in [0.25, 0.3) is 5.69 Å². The Labute approximate surface area is 159 Å². The molecule has 5 nitrogen and oxygen atoms in total. The van der Waals surface area contributed by atoms with Gasteiger partial charge in [0.1, 0.15) is 0 Å². The monoisotopic (exact) mass is 382 g/mol. The van der Waals surface area contributed by atoms with Crippen LogP contribution in [0.4, 0.5) is 0 Å². The lowest BCUT2D eigenvalue weighted by atomic mass is 10.1. The second-order valence-electron chi connectivity index (χ2n) is 6.36. The van der Waals surface area contributed by atoms with Crippen molar-refractivity contribution >= 4 is 15.7 Å². The van der Waals surface area contributed by atoms with Crippen LogP contribution >= 0.6 is 0 Å². The molecule has 0 saturated heterocycles. The Hall–Kier alpha value is -2.86. The Morgan fingerprint density at radius 1 is 0.852 bits per heavy atom. The third-order valence-electron chi connectivity index (χ3n) is 4.17. The highest BCUT2D eigenvalue weighted by atomic mass is 32.2. The minimum Gasteiger partial charge on any atom is -0.355 e. The summed E-state index contributed by atoms with van der Waals surface area (Å²) in [4.78, 5) is 12.1. The Balaban J connectivity index is 1.45. The van der Waals surface area contributed by atoms with E-state index in [9.17, 15) is 13.2 Å². The number of hydrogen-bond donors (Lipinski definition) is 1. The fourth-order valence-corrected chi connectivity index (χ4v) is 4.04. The molecule has 0 bridgehead atoms. The second kappa shape index (κ2) is 8.68. The largest absolute Gasteiger partial charge is 0.355 e. The van der Waals surface area contributed by atoms with E-state index < -0.39 is 9.84 Å². The number of hydrogen-bond acceptors (Lipinski definition) is 3. The lowest BCUT2D eigenvalue weighted by Crippen LogP contribution is -2.30. The maximum atomic E-state index is 12.1. The average Bonchev–Trinajstić information content (AvgIpc) is 3.17. The van der Waals surface area contributed by atoms with Crippen LogP contribution < -0.4 is 5.32 Å². The van der Waals surface area contributed by atoms with Crippen molar-refractivity contribution < 1.29 is 13.2 Å². The van der Waals surface area contributed by atoms with E-state index in [-0.39, 0.29) is 30.4 Å². The van der Waals surface area contributed by atoms with Crippen molar-refractivity contribution in [2.75, 3.05) is 12.3 Å². The fourth-order valence-electron chi connectivity index (χ4n) is 2.79. The van der Waals surface area contributed by atoms with Gasteiger partial charge in [-0.15, -0.1) is 0 Å². The van der Waals surface area contributed by atoms with Crippen LogP contribution in [0, 0.1) is 0 Å². The number of nitrogens with one attached hydrogen (secondary N) is 1. The molecule has 0 radical (unpaired) electrons. The van der Waals surface area contributed by atoms with Crippen molar-refractivity contribution in [3.05, 3.63) is 90.3 Å². The molecule has 140 valence electrons. The van der Waals surface area contributed by atoms with Gasteiger partial charge in [-0.2, -0.15) is 0 Å². The topological polar surface area (TPSA) is 68.2 Å². The number of carbonyl (C=O) groups is 1. The van der Waals surface area contributed by atoms with Gasteiger partial charge in [0.25, 0.3) is 0 Å². The first-order valence-electron chi connectivity index (χ1n) is 8.75. The predicted molar refractivity (Wildman–Crippen MR) is 106 cm³/mol. The number of nitrogens with zero attached hydrogens (tertiary/aromatic N) is 1. The van der Waals surface area contributed by atoms with Crippen molar-refractivity contribution in [1.82, 2.24) is 9.88 Å². The van der Waals surface area contributed by atoms with Gasteiger partial charge in [-0.25, -0.2) is 8.42 Å². The van der Waals surface area contributed by atoms with E-state index in [1.807, 2.05) is 71.6 Å². The molecule has 2 aromatic carbocycles. The van der Waals surface area contributed by atoms with Crippen molar-refractivity contribution in [3.8, 4) is 5.69 Å². The summed E-state index contributed by atoms with van der Waals surface area (Å²) in [5.41, 5.74) is 2.67. The van der Waals surface area contributed by atoms with Gasteiger partial charge in [0.05, 0.1) is 17.9 Å². The molecule has 0 atom stereocenters. The van der Waals surface area contributed by atoms with E-state index in [4.69, 9.17) is 0 Å². The highest BCUT2D eigenvalue weighted by Gasteiger charge is 2.12. The summed E-state index contributed by atoms with van der Waals surface area (Å²) in [6, 6.07) is 20.7. The minimum absolute atomic E-state index is 0.00936. The first-order chi connectivity index (χ1) is 13.0. The molecule has 3 aromatic rings. The molecule has 0 fully saturated rings. The van der Waals surface area contributed by atoms with Crippen molar-refractivity contribution in [1.29, 1.82) is 0 Å². The third kappa shape index (κ3) is 5.82. The average molecular weight is 382 g/mol. The van der Waals surface area contributed by atoms with Gasteiger partial charge in [0, 0.05) is 24.6 Å². The lowest BCUT2D eigenvalue weighted by Gasteiger charge is -2.08. The summed E-state index contributed by atoms with van der Waals surface area (Å²) in [6.45, 7) is 0.120. The van der Waals surface area contributed by atoms with Crippen LogP contribution in [0.15, 0.2) is 79.1 Å². The SMILES string of the molecule is O=C(Cc1ccc(-n2cccc2)cc1)NCCS(=O)(=O)Cc1ccccc1. The molecule has 0 aliphatic rings. The highest BCUT2D eigenvalue weighted by molar-refractivity contribution is 7.90. The Morgan fingerprint density at radius 3 is 2.19 bits per heavy atom. The summed E-state index contributed by atoms with van der Waals surface area (Å²) in [5, 5.41) is 2.69. The zero-order valence-corrected chi connectivity index (χ0v) is 15.7. The zero-order chi connectivity index (χ0) is 19.1. The molecule has 1 amide bonds. The fraction of sp³-hybridized carbons (Fsp3) is 0.190. The summed E-state index contributed by atoms with van der Waals surface area (Å²) >= 11 is 0. The summed E-state index contributed by atoms with van der Waals surface area (Å²) in [6.07, 6.45) is 4.14. The molecule has 1 aromatic heterocycles. The van der Waals surface area contributed by atoms with E-state index >= 15 is 0 Å². The molecular formula is C21H22N2O3S. The second-order valence-corrected chi connectivity index (χ2v) is 8.55. The quantitative estimate of drug-likeness (QED) is 0.651. The molecule has 3 rings (SSSR count). The number of benzene rings is 2. The van der Waals surface area contributed by atoms with Crippen LogP contribution in [0.2, 0.25) is 0 Å². The van der Waals surface area contributed by atoms with Gasteiger partial charge in [-0.05, 0) is 35.4 Å². The van der Waals surface area contributed by atoms with E-state index in [0.29, 0.717) is 0 Å². The molecule has 1 N–H and O–H groups in total. The normalized spacial score (nSPS) is 11.3. The van der Waals surface area contributed by atoms with Crippen LogP contribution in [-0.2, 0) is 26.8 Å². The molecular weight excluding hydrogens is 360 g/mol. The smallest absolute Gasteiger partial charge is 0.224 e. The minimum atomic E-state index is -3.25. The first-order valence-corrected chi connectivity index (χ1v) is 10.6. The van der Waals surface area contributed by atoms with Crippen LogP contribution in [0.1, 0.15) is 11.1 Å². The Kier molecular flexibility index (Phi) is 6.08. The van der Waals surface area contributed by atoms with Gasteiger partial charge < -0.3 is 9.88 Å². The Morgan fingerprint density at radius 2 is 1.52 bits per heavy atom. The van der Waals surface area contributed by atoms with E-state index in [0.717, 1.165) is 16.8 Å². The number of rotatable bonds is 8. The molecule has 6 heteroatoms. The van der Waals surface area contributed by atoms with Crippen molar-refractivity contribution in [3.63, 3.8) is 0 Å². The maximum absolute atomic E-state index is 12.1. The molecule has 0 saturated carbocycles. The van der Waals surface area contributed by atoms with Crippen LogP contribution in [0.3, 0.4) is 0 Å². The zero-order valence-electron chi connectivity index (χ0n) is 14.9. The molecule has 0 aliphatic heterocycles. The molecule has 0 aliphatic carbocycles. The third-order valence-corrected chi connectivity index (χ3v) is 5.77. The van der Waals surface area contributed by atoms with E-state index in [2.05, 4.69) is 5.32 Å². The molecule has 0 unspecified atom stereocenters. The van der Waals surface area contributed by atoms with Crippen LogP contribution in [-0.4, -0.2) is 31.2 Å². The van der Waals surface area contributed by atoms with Gasteiger partial charge >= 0.3 is 0 Å². The first kappa shape index (κ1) is 18.9. The highest BCUT2D eigenvalue weighted by Crippen LogP contribution is 2.10. The molecule has 27 heavy (non-hydrogen) atoms. The van der Waals surface area contributed by atoms with Crippen molar-refractivity contribution in [2.45, 2.75) is 12.2 Å². The van der Waals surface area contributed by atoms with E-state index in [1.165, 1.54) is 0 Å². The van der Waals surface area contributed by atoms with Crippen molar-refractivity contribution in [2.24, 2.45) is 0 Å².